The first-order chi connectivity index (χ1) is 8.98. The predicted octanol–water partition coefficient (Wildman–Crippen LogP) is 0.622. The van der Waals surface area contributed by atoms with Gasteiger partial charge >= 0.3 is 0 Å². The van der Waals surface area contributed by atoms with E-state index < -0.39 is 11.5 Å². The van der Waals surface area contributed by atoms with Crippen molar-refractivity contribution in [2.24, 2.45) is 0 Å². The second-order valence-electron chi connectivity index (χ2n) is 4.83. The molecule has 0 radical (unpaired) electrons. The first-order valence-corrected chi connectivity index (χ1v) is 6.37. The lowest BCUT2D eigenvalue weighted by Crippen LogP contribution is -2.54. The summed E-state index contributed by atoms with van der Waals surface area (Å²) in [6.07, 6.45) is 0.454. The van der Waals surface area contributed by atoms with Crippen LogP contribution in [0, 0.1) is 0 Å². The van der Waals surface area contributed by atoms with Gasteiger partial charge in [-0.05, 0) is 31.0 Å². The number of hydrogen-bond acceptors (Lipinski definition) is 4. The molecule has 1 rings (SSSR count). The Morgan fingerprint density at radius 1 is 1.42 bits per heavy atom. The summed E-state index contributed by atoms with van der Waals surface area (Å²) in [5, 5.41) is 21.4. The molecule has 1 aromatic rings. The largest absolute Gasteiger partial charge is 0.399 e. The number of amides is 1. The van der Waals surface area contributed by atoms with Crippen LogP contribution in [0.15, 0.2) is 24.3 Å². The third kappa shape index (κ3) is 3.68. The van der Waals surface area contributed by atoms with Crippen LogP contribution < -0.4 is 11.1 Å². The van der Waals surface area contributed by atoms with Crippen LogP contribution in [0.4, 0.5) is 5.69 Å². The number of nitrogen functional groups attached to an aromatic ring is 1. The number of nitrogens with one attached hydrogen (secondary N) is 1. The molecule has 5 nitrogen and oxygen atoms in total. The van der Waals surface area contributed by atoms with E-state index in [1.165, 1.54) is 0 Å². The fourth-order valence-electron chi connectivity index (χ4n) is 1.79. The lowest BCUT2D eigenvalue weighted by Gasteiger charge is -2.31. The van der Waals surface area contributed by atoms with Crippen LogP contribution in [0.3, 0.4) is 0 Å². The van der Waals surface area contributed by atoms with E-state index in [4.69, 9.17) is 5.73 Å². The highest BCUT2D eigenvalue weighted by Gasteiger charge is 2.30. The topological polar surface area (TPSA) is 95.6 Å². The number of carbonyl (C=O) groups is 1. The zero-order valence-corrected chi connectivity index (χ0v) is 11.4. The zero-order valence-electron chi connectivity index (χ0n) is 11.4. The van der Waals surface area contributed by atoms with Gasteiger partial charge in [0.25, 0.3) is 0 Å². The molecule has 1 unspecified atom stereocenters. The molecule has 0 aliphatic carbocycles. The lowest BCUT2D eigenvalue weighted by molar-refractivity contribution is -0.125. The van der Waals surface area contributed by atoms with Gasteiger partial charge in [0.05, 0.1) is 24.7 Å². The Balaban J connectivity index is 2.83. The molecule has 0 heterocycles. The van der Waals surface area contributed by atoms with Crippen LogP contribution in [0.2, 0.25) is 0 Å². The van der Waals surface area contributed by atoms with E-state index in [1.807, 2.05) is 6.07 Å². The Kier molecular flexibility index (Phi) is 5.32. The average Bonchev–Trinajstić information content (AvgIpc) is 2.44. The SMILES string of the molecule is CCC(CO)(CO)NC(=O)C(C)c1cccc(N)c1. The number of hydrogen-bond donors (Lipinski definition) is 4. The second-order valence-corrected chi connectivity index (χ2v) is 4.83. The third-order valence-electron chi connectivity index (χ3n) is 3.47. The van der Waals surface area contributed by atoms with Crippen molar-refractivity contribution >= 4 is 11.6 Å². The number of rotatable bonds is 6. The molecule has 106 valence electrons. The first kappa shape index (κ1) is 15.5. The number of nitrogens with two attached hydrogens (primary N) is 1. The van der Waals surface area contributed by atoms with E-state index in [-0.39, 0.29) is 19.1 Å². The molecule has 1 aromatic carbocycles. The highest BCUT2D eigenvalue weighted by atomic mass is 16.3. The normalized spacial score (nSPS) is 13.1. The molecule has 0 saturated carbocycles. The number of benzene rings is 1. The average molecular weight is 266 g/mol. The van der Waals surface area contributed by atoms with E-state index in [0.29, 0.717) is 12.1 Å². The maximum absolute atomic E-state index is 12.2. The van der Waals surface area contributed by atoms with Crippen molar-refractivity contribution in [2.75, 3.05) is 18.9 Å². The summed E-state index contributed by atoms with van der Waals surface area (Å²) < 4.78 is 0. The van der Waals surface area contributed by atoms with Gasteiger partial charge < -0.3 is 21.3 Å². The summed E-state index contributed by atoms with van der Waals surface area (Å²) in [4.78, 5) is 12.2. The summed E-state index contributed by atoms with van der Waals surface area (Å²) in [5.41, 5.74) is 6.13. The van der Waals surface area contributed by atoms with Crippen LogP contribution in [-0.2, 0) is 4.79 Å². The highest BCUT2D eigenvalue weighted by Crippen LogP contribution is 2.19. The molecule has 5 heteroatoms. The Morgan fingerprint density at radius 3 is 2.53 bits per heavy atom. The van der Waals surface area contributed by atoms with E-state index in [1.54, 1.807) is 32.0 Å². The zero-order chi connectivity index (χ0) is 14.5. The first-order valence-electron chi connectivity index (χ1n) is 6.37. The van der Waals surface area contributed by atoms with Crippen molar-refractivity contribution in [3.63, 3.8) is 0 Å². The van der Waals surface area contributed by atoms with Crippen molar-refractivity contribution in [1.29, 1.82) is 0 Å². The van der Waals surface area contributed by atoms with Gasteiger partial charge in [-0.15, -0.1) is 0 Å². The monoisotopic (exact) mass is 266 g/mol. The third-order valence-corrected chi connectivity index (χ3v) is 3.47. The summed E-state index contributed by atoms with van der Waals surface area (Å²) in [5.74, 6) is -0.636. The summed E-state index contributed by atoms with van der Waals surface area (Å²) in [7, 11) is 0. The minimum atomic E-state index is -0.967. The molecule has 0 fully saturated rings. The van der Waals surface area contributed by atoms with E-state index in [0.717, 1.165) is 5.56 Å². The Hall–Kier alpha value is -1.59. The van der Waals surface area contributed by atoms with Crippen LogP contribution in [0.25, 0.3) is 0 Å². The summed E-state index contributed by atoms with van der Waals surface area (Å²) >= 11 is 0. The van der Waals surface area contributed by atoms with Crippen molar-refractivity contribution in [1.82, 2.24) is 5.32 Å². The Bertz CT molecular complexity index is 422. The molecule has 0 aliphatic rings. The molecule has 19 heavy (non-hydrogen) atoms. The van der Waals surface area contributed by atoms with Gasteiger partial charge in [-0.1, -0.05) is 19.1 Å². The van der Waals surface area contributed by atoms with E-state index in [2.05, 4.69) is 5.32 Å². The molecular formula is C14H22N2O3. The number of anilines is 1. The Labute approximate surface area is 113 Å². The highest BCUT2D eigenvalue weighted by molar-refractivity contribution is 5.84. The summed E-state index contributed by atoms with van der Waals surface area (Å²) in [6.45, 7) is 2.97. The number of carbonyl (C=O) groups excluding carboxylic acids is 1. The van der Waals surface area contributed by atoms with Gasteiger partial charge in [-0.2, -0.15) is 0 Å². The van der Waals surface area contributed by atoms with Gasteiger partial charge in [0, 0.05) is 5.69 Å². The molecule has 5 N–H and O–H groups in total. The minimum Gasteiger partial charge on any atom is -0.399 e. The van der Waals surface area contributed by atoms with Crippen LogP contribution in [0.5, 0.6) is 0 Å². The van der Waals surface area contributed by atoms with E-state index in [9.17, 15) is 15.0 Å². The van der Waals surface area contributed by atoms with Crippen molar-refractivity contribution in [3.8, 4) is 0 Å². The quantitative estimate of drug-likeness (QED) is 0.568. The lowest BCUT2D eigenvalue weighted by atomic mass is 9.94. The van der Waals surface area contributed by atoms with Crippen molar-refractivity contribution in [3.05, 3.63) is 29.8 Å². The molecule has 0 saturated heterocycles. The van der Waals surface area contributed by atoms with Crippen molar-refractivity contribution < 1.29 is 15.0 Å². The summed E-state index contributed by atoms with van der Waals surface area (Å²) in [6, 6.07) is 7.12. The Morgan fingerprint density at radius 2 is 2.05 bits per heavy atom. The molecular weight excluding hydrogens is 244 g/mol. The number of aliphatic hydroxyl groups is 2. The van der Waals surface area contributed by atoms with Crippen LogP contribution in [-0.4, -0.2) is 34.9 Å². The number of aliphatic hydroxyl groups excluding tert-OH is 2. The second kappa shape index (κ2) is 6.54. The molecule has 1 amide bonds. The van der Waals surface area contributed by atoms with Crippen molar-refractivity contribution in [2.45, 2.75) is 31.7 Å². The van der Waals surface area contributed by atoms with Gasteiger partial charge in [-0.25, -0.2) is 0 Å². The van der Waals surface area contributed by atoms with Crippen LogP contribution in [0.1, 0.15) is 31.7 Å². The molecule has 1 atom stereocenters. The van der Waals surface area contributed by atoms with Gasteiger partial charge in [0.1, 0.15) is 0 Å². The minimum absolute atomic E-state index is 0.240. The molecule has 0 aliphatic heterocycles. The van der Waals surface area contributed by atoms with E-state index >= 15 is 0 Å². The van der Waals surface area contributed by atoms with Crippen LogP contribution >= 0.6 is 0 Å². The molecule has 0 bridgehead atoms. The fraction of sp³-hybridized carbons (Fsp3) is 0.500. The maximum atomic E-state index is 12.2. The van der Waals surface area contributed by atoms with Gasteiger partial charge in [0.2, 0.25) is 5.91 Å². The molecule has 0 aromatic heterocycles. The predicted molar refractivity (Wildman–Crippen MR) is 74.6 cm³/mol. The van der Waals surface area contributed by atoms with Gasteiger partial charge in [0.15, 0.2) is 0 Å². The smallest absolute Gasteiger partial charge is 0.227 e. The standard InChI is InChI=1S/C14H22N2O3/c1-3-14(8-17,9-18)16-13(19)10(2)11-5-4-6-12(15)7-11/h4-7,10,17-18H,3,8-9,15H2,1-2H3,(H,16,19). The van der Waals surface area contributed by atoms with Gasteiger partial charge in [-0.3, -0.25) is 4.79 Å². The fourth-order valence-corrected chi connectivity index (χ4v) is 1.79. The molecule has 0 spiro atoms. The maximum Gasteiger partial charge on any atom is 0.227 e.